The van der Waals surface area contributed by atoms with Crippen molar-refractivity contribution in [1.82, 2.24) is 10.4 Å². The Morgan fingerprint density at radius 1 is 1.15 bits per heavy atom. The number of pyridine rings is 1. The number of fused-ring (bicyclic) bond motifs is 1. The number of thioether (sulfide) groups is 1. The molecular weight excluding hydrogens is 344 g/mol. The largest absolute Gasteiger partial charge is 0.378 e. The Morgan fingerprint density at radius 3 is 2.69 bits per heavy atom. The SMILES string of the molecule is CN(C)c1ccc(C=NNC(=O)CSc2cccc3cccnc23)cc1. The van der Waals surface area contributed by atoms with Crippen molar-refractivity contribution in [2.24, 2.45) is 5.10 Å². The molecule has 0 fully saturated rings. The van der Waals surface area contributed by atoms with E-state index in [0.29, 0.717) is 0 Å². The summed E-state index contributed by atoms with van der Waals surface area (Å²) < 4.78 is 0. The summed E-state index contributed by atoms with van der Waals surface area (Å²) in [6.07, 6.45) is 3.40. The summed E-state index contributed by atoms with van der Waals surface area (Å²) in [6.45, 7) is 0. The van der Waals surface area contributed by atoms with Crippen LogP contribution in [0, 0.1) is 0 Å². The number of nitrogens with zero attached hydrogens (tertiary/aromatic N) is 3. The molecule has 132 valence electrons. The van der Waals surface area contributed by atoms with Crippen molar-refractivity contribution in [3.63, 3.8) is 0 Å². The number of hydrazone groups is 1. The Morgan fingerprint density at radius 2 is 1.92 bits per heavy atom. The molecule has 0 atom stereocenters. The van der Waals surface area contributed by atoms with Gasteiger partial charge in [-0.1, -0.05) is 30.3 Å². The van der Waals surface area contributed by atoms with Crippen LogP contribution >= 0.6 is 11.8 Å². The maximum Gasteiger partial charge on any atom is 0.250 e. The fourth-order valence-corrected chi connectivity index (χ4v) is 3.24. The van der Waals surface area contributed by atoms with Crippen LogP contribution in [0.25, 0.3) is 10.9 Å². The zero-order chi connectivity index (χ0) is 18.4. The molecule has 0 bridgehead atoms. The first-order valence-electron chi connectivity index (χ1n) is 8.19. The van der Waals surface area contributed by atoms with E-state index < -0.39 is 0 Å². The van der Waals surface area contributed by atoms with Crippen molar-refractivity contribution in [2.75, 3.05) is 24.7 Å². The van der Waals surface area contributed by atoms with Gasteiger partial charge in [0, 0.05) is 36.3 Å². The highest BCUT2D eigenvalue weighted by atomic mass is 32.2. The summed E-state index contributed by atoms with van der Waals surface area (Å²) >= 11 is 1.46. The molecule has 0 aliphatic heterocycles. The van der Waals surface area contributed by atoms with Gasteiger partial charge in [-0.15, -0.1) is 11.8 Å². The molecule has 0 aliphatic carbocycles. The Labute approximate surface area is 157 Å². The summed E-state index contributed by atoms with van der Waals surface area (Å²) in [6, 6.07) is 17.8. The van der Waals surface area contributed by atoms with Gasteiger partial charge in [0.2, 0.25) is 5.91 Å². The van der Waals surface area contributed by atoms with E-state index in [4.69, 9.17) is 0 Å². The van der Waals surface area contributed by atoms with Crippen LogP contribution in [0.3, 0.4) is 0 Å². The fourth-order valence-electron chi connectivity index (χ4n) is 2.41. The van der Waals surface area contributed by atoms with Crippen molar-refractivity contribution in [3.05, 3.63) is 66.4 Å². The number of anilines is 1. The lowest BCUT2D eigenvalue weighted by Crippen LogP contribution is -2.19. The first-order chi connectivity index (χ1) is 12.6. The summed E-state index contributed by atoms with van der Waals surface area (Å²) in [5.74, 6) is 0.135. The predicted octanol–water partition coefficient (Wildman–Crippen LogP) is 3.54. The molecule has 0 saturated carbocycles. The molecule has 3 rings (SSSR count). The van der Waals surface area contributed by atoms with Crippen LogP contribution in [0.15, 0.2) is 70.8 Å². The minimum absolute atomic E-state index is 0.149. The molecule has 2 aromatic carbocycles. The van der Waals surface area contributed by atoms with E-state index in [0.717, 1.165) is 27.0 Å². The third kappa shape index (κ3) is 4.61. The van der Waals surface area contributed by atoms with E-state index in [1.54, 1.807) is 12.4 Å². The summed E-state index contributed by atoms with van der Waals surface area (Å²) in [5.41, 5.74) is 5.53. The molecule has 3 aromatic rings. The van der Waals surface area contributed by atoms with Gasteiger partial charge < -0.3 is 4.90 Å². The van der Waals surface area contributed by atoms with E-state index in [-0.39, 0.29) is 11.7 Å². The molecule has 0 aliphatic rings. The standard InChI is InChI=1S/C20H20N4OS/c1-24(2)17-10-8-15(9-11-17)13-22-23-19(25)14-26-18-7-3-5-16-6-4-12-21-20(16)18/h3-13H,14H2,1-2H3,(H,23,25). The van der Waals surface area contributed by atoms with Crippen molar-refractivity contribution >= 4 is 40.5 Å². The van der Waals surface area contributed by atoms with Crippen LogP contribution in [0.5, 0.6) is 0 Å². The van der Waals surface area contributed by atoms with Crippen LogP contribution in [0.4, 0.5) is 5.69 Å². The maximum atomic E-state index is 12.0. The Balaban J connectivity index is 1.54. The Bertz CT molecular complexity index is 917. The number of para-hydroxylation sites is 1. The third-order valence-corrected chi connectivity index (χ3v) is 4.81. The van der Waals surface area contributed by atoms with Gasteiger partial charge in [-0.05, 0) is 29.8 Å². The molecule has 1 amide bonds. The second-order valence-electron chi connectivity index (χ2n) is 5.90. The highest BCUT2D eigenvalue weighted by molar-refractivity contribution is 8.00. The van der Waals surface area contributed by atoms with Crippen LogP contribution in [-0.4, -0.2) is 37.0 Å². The minimum atomic E-state index is -0.149. The number of carbonyl (C=O) groups is 1. The molecule has 26 heavy (non-hydrogen) atoms. The van der Waals surface area contributed by atoms with Crippen molar-refractivity contribution in [1.29, 1.82) is 0 Å². The Kier molecular flexibility index (Phi) is 5.86. The average molecular weight is 364 g/mol. The summed E-state index contributed by atoms with van der Waals surface area (Å²) in [5, 5.41) is 5.09. The number of rotatable bonds is 6. The summed E-state index contributed by atoms with van der Waals surface area (Å²) in [7, 11) is 3.99. The van der Waals surface area contributed by atoms with E-state index in [1.165, 1.54) is 11.8 Å². The van der Waals surface area contributed by atoms with Gasteiger partial charge in [0.05, 0.1) is 17.5 Å². The number of hydrogen-bond acceptors (Lipinski definition) is 5. The number of amides is 1. The molecule has 0 unspecified atom stereocenters. The van der Waals surface area contributed by atoms with Gasteiger partial charge in [0.1, 0.15) is 0 Å². The molecule has 1 heterocycles. The van der Waals surface area contributed by atoms with Gasteiger partial charge in [-0.3, -0.25) is 9.78 Å². The second kappa shape index (κ2) is 8.49. The molecule has 1 N–H and O–H groups in total. The molecule has 0 radical (unpaired) electrons. The summed E-state index contributed by atoms with van der Waals surface area (Å²) in [4.78, 5) is 19.4. The lowest BCUT2D eigenvalue weighted by atomic mass is 10.2. The number of nitrogens with one attached hydrogen (secondary N) is 1. The normalized spacial score (nSPS) is 11.0. The number of benzene rings is 2. The quantitative estimate of drug-likeness (QED) is 0.413. The highest BCUT2D eigenvalue weighted by Crippen LogP contribution is 2.25. The van der Waals surface area contributed by atoms with E-state index in [1.807, 2.05) is 73.6 Å². The third-order valence-electron chi connectivity index (χ3n) is 3.77. The van der Waals surface area contributed by atoms with E-state index in [9.17, 15) is 4.79 Å². The van der Waals surface area contributed by atoms with Gasteiger partial charge in [-0.2, -0.15) is 5.10 Å². The molecule has 5 nitrogen and oxygen atoms in total. The van der Waals surface area contributed by atoms with Crippen molar-refractivity contribution in [2.45, 2.75) is 4.90 Å². The first-order valence-corrected chi connectivity index (χ1v) is 9.18. The van der Waals surface area contributed by atoms with Crippen LogP contribution in [0.2, 0.25) is 0 Å². The number of carbonyl (C=O) groups excluding carboxylic acids is 1. The minimum Gasteiger partial charge on any atom is -0.378 e. The molecular formula is C20H20N4OS. The number of hydrogen-bond donors (Lipinski definition) is 1. The van der Waals surface area contributed by atoms with Crippen LogP contribution in [0.1, 0.15) is 5.56 Å². The van der Waals surface area contributed by atoms with E-state index in [2.05, 4.69) is 15.5 Å². The first kappa shape index (κ1) is 17.9. The van der Waals surface area contributed by atoms with Gasteiger partial charge in [0.15, 0.2) is 0 Å². The number of aromatic nitrogens is 1. The fraction of sp³-hybridized carbons (Fsp3) is 0.150. The van der Waals surface area contributed by atoms with Crippen LogP contribution < -0.4 is 10.3 Å². The van der Waals surface area contributed by atoms with Crippen LogP contribution in [-0.2, 0) is 4.79 Å². The molecule has 6 heteroatoms. The Hall–Kier alpha value is -2.86. The molecule has 0 saturated heterocycles. The highest BCUT2D eigenvalue weighted by Gasteiger charge is 2.06. The van der Waals surface area contributed by atoms with Crippen molar-refractivity contribution < 1.29 is 4.79 Å². The lowest BCUT2D eigenvalue weighted by Gasteiger charge is -2.11. The zero-order valence-corrected chi connectivity index (χ0v) is 15.5. The predicted molar refractivity (Wildman–Crippen MR) is 109 cm³/mol. The molecule has 0 spiro atoms. The zero-order valence-electron chi connectivity index (χ0n) is 14.7. The van der Waals surface area contributed by atoms with Gasteiger partial charge in [0.25, 0.3) is 0 Å². The van der Waals surface area contributed by atoms with Gasteiger partial charge >= 0.3 is 0 Å². The lowest BCUT2D eigenvalue weighted by molar-refractivity contribution is -0.118. The molecule has 1 aromatic heterocycles. The topological polar surface area (TPSA) is 57.6 Å². The maximum absolute atomic E-state index is 12.0. The van der Waals surface area contributed by atoms with Gasteiger partial charge in [-0.25, -0.2) is 5.43 Å². The second-order valence-corrected chi connectivity index (χ2v) is 6.92. The smallest absolute Gasteiger partial charge is 0.250 e. The average Bonchev–Trinajstić information content (AvgIpc) is 2.66. The van der Waals surface area contributed by atoms with E-state index >= 15 is 0 Å². The monoisotopic (exact) mass is 364 g/mol. The van der Waals surface area contributed by atoms with Crippen molar-refractivity contribution in [3.8, 4) is 0 Å².